The number of rotatable bonds is 3. The summed E-state index contributed by atoms with van der Waals surface area (Å²) >= 11 is 0. The molecule has 0 aromatic heterocycles. The number of anilines is 1. The van der Waals surface area contributed by atoms with Gasteiger partial charge in [0, 0.05) is 30.4 Å². The SMILES string of the molecule is Cc1cc2c(cc1/C=C(/C#N)C(=O)N1CCOCC1)C(C)CC(C)(C)N2C(C)C. The fourth-order valence-electron chi connectivity index (χ4n) is 4.98. The average molecular weight is 396 g/mol. The molecule has 2 aliphatic heterocycles. The van der Waals surface area contributed by atoms with Crippen LogP contribution in [0.5, 0.6) is 0 Å². The molecule has 156 valence electrons. The number of benzene rings is 1. The van der Waals surface area contributed by atoms with Gasteiger partial charge in [-0.2, -0.15) is 5.26 Å². The lowest BCUT2D eigenvalue weighted by Crippen LogP contribution is -2.51. The van der Waals surface area contributed by atoms with E-state index in [0.29, 0.717) is 38.3 Å². The lowest BCUT2D eigenvalue weighted by atomic mass is 9.78. The fourth-order valence-corrected chi connectivity index (χ4v) is 4.98. The van der Waals surface area contributed by atoms with E-state index in [4.69, 9.17) is 4.74 Å². The molecule has 0 radical (unpaired) electrons. The van der Waals surface area contributed by atoms with Crippen LogP contribution in [0.1, 0.15) is 63.6 Å². The van der Waals surface area contributed by atoms with E-state index < -0.39 is 0 Å². The molecule has 1 unspecified atom stereocenters. The van der Waals surface area contributed by atoms with Gasteiger partial charge in [-0.05, 0) is 81.9 Å². The largest absolute Gasteiger partial charge is 0.378 e. The third kappa shape index (κ3) is 4.18. The molecule has 0 saturated carbocycles. The van der Waals surface area contributed by atoms with Gasteiger partial charge in [-0.3, -0.25) is 4.79 Å². The highest BCUT2D eigenvalue weighted by Gasteiger charge is 2.38. The van der Waals surface area contributed by atoms with Gasteiger partial charge in [0.1, 0.15) is 11.6 Å². The van der Waals surface area contributed by atoms with Gasteiger partial charge in [-0.25, -0.2) is 0 Å². The number of nitriles is 1. The van der Waals surface area contributed by atoms with Gasteiger partial charge >= 0.3 is 0 Å². The number of nitrogens with zero attached hydrogens (tertiary/aromatic N) is 3. The molecule has 2 heterocycles. The minimum atomic E-state index is -0.203. The van der Waals surface area contributed by atoms with E-state index in [9.17, 15) is 10.1 Å². The summed E-state index contributed by atoms with van der Waals surface area (Å²) in [5.41, 5.74) is 4.90. The normalized spacial score (nSPS) is 21.7. The summed E-state index contributed by atoms with van der Waals surface area (Å²) in [6.07, 6.45) is 2.84. The molecule has 0 spiro atoms. The number of ether oxygens (including phenoxy) is 1. The topological polar surface area (TPSA) is 56.6 Å². The van der Waals surface area contributed by atoms with Gasteiger partial charge < -0.3 is 14.5 Å². The van der Waals surface area contributed by atoms with Crippen molar-refractivity contribution in [3.63, 3.8) is 0 Å². The molecular weight excluding hydrogens is 362 g/mol. The summed E-state index contributed by atoms with van der Waals surface area (Å²) in [5.74, 6) is 0.217. The number of hydrogen-bond acceptors (Lipinski definition) is 4. The lowest BCUT2D eigenvalue weighted by molar-refractivity contribution is -0.130. The maximum atomic E-state index is 12.8. The van der Waals surface area contributed by atoms with Crippen molar-refractivity contribution >= 4 is 17.7 Å². The summed E-state index contributed by atoms with van der Waals surface area (Å²) in [6.45, 7) is 15.6. The predicted octanol–water partition coefficient (Wildman–Crippen LogP) is 4.26. The number of fused-ring (bicyclic) bond motifs is 1. The Hall–Kier alpha value is -2.32. The predicted molar refractivity (Wildman–Crippen MR) is 117 cm³/mol. The summed E-state index contributed by atoms with van der Waals surface area (Å²) < 4.78 is 5.32. The molecule has 1 aromatic rings. The Bertz CT molecular complexity index is 858. The van der Waals surface area contributed by atoms with Crippen LogP contribution in [0.3, 0.4) is 0 Å². The van der Waals surface area contributed by atoms with Crippen LogP contribution < -0.4 is 4.90 Å². The Kier molecular flexibility index (Phi) is 6.05. The van der Waals surface area contributed by atoms with Gasteiger partial charge in [-0.15, -0.1) is 0 Å². The van der Waals surface area contributed by atoms with E-state index in [2.05, 4.69) is 64.6 Å². The second-order valence-corrected chi connectivity index (χ2v) is 9.22. The van der Waals surface area contributed by atoms with Crippen molar-refractivity contribution in [2.24, 2.45) is 0 Å². The van der Waals surface area contributed by atoms with Crippen molar-refractivity contribution in [1.82, 2.24) is 4.90 Å². The first-order chi connectivity index (χ1) is 13.7. The van der Waals surface area contributed by atoms with Gasteiger partial charge in [0.25, 0.3) is 5.91 Å². The Labute approximate surface area is 174 Å². The van der Waals surface area contributed by atoms with Crippen molar-refractivity contribution in [3.8, 4) is 6.07 Å². The Morgan fingerprint density at radius 2 is 1.97 bits per heavy atom. The lowest BCUT2D eigenvalue weighted by Gasteiger charge is -2.50. The van der Waals surface area contributed by atoms with Crippen molar-refractivity contribution in [3.05, 3.63) is 34.4 Å². The Balaban J connectivity index is 2.01. The highest BCUT2D eigenvalue weighted by Crippen LogP contribution is 2.45. The van der Waals surface area contributed by atoms with E-state index in [1.807, 2.05) is 0 Å². The zero-order valence-electron chi connectivity index (χ0n) is 18.6. The van der Waals surface area contributed by atoms with Crippen LogP contribution in [0.2, 0.25) is 0 Å². The van der Waals surface area contributed by atoms with Crippen molar-refractivity contribution in [2.45, 2.75) is 65.5 Å². The molecule has 5 heteroatoms. The van der Waals surface area contributed by atoms with Gasteiger partial charge in [0.15, 0.2) is 0 Å². The van der Waals surface area contributed by atoms with Crippen molar-refractivity contribution in [2.75, 3.05) is 31.2 Å². The van der Waals surface area contributed by atoms with Crippen LogP contribution in [-0.4, -0.2) is 48.7 Å². The standard InChI is InChI=1S/C24H33N3O2/c1-16(2)27-22-11-17(3)19(13-21(22)18(4)14-24(27,5)6)12-20(15-25)23(28)26-7-9-29-10-8-26/h11-13,16,18H,7-10,14H2,1-6H3/b20-12-. The zero-order valence-corrected chi connectivity index (χ0v) is 18.6. The first-order valence-corrected chi connectivity index (χ1v) is 10.6. The Morgan fingerprint density at radius 1 is 1.31 bits per heavy atom. The molecule has 5 nitrogen and oxygen atoms in total. The van der Waals surface area contributed by atoms with Crippen LogP contribution in [-0.2, 0) is 9.53 Å². The first-order valence-electron chi connectivity index (χ1n) is 10.6. The molecular formula is C24H33N3O2. The molecule has 0 bridgehead atoms. The first kappa shape index (κ1) is 21.4. The molecule has 0 N–H and O–H groups in total. The third-order valence-electron chi connectivity index (χ3n) is 6.13. The quantitative estimate of drug-likeness (QED) is 0.567. The molecule has 1 saturated heterocycles. The van der Waals surface area contributed by atoms with E-state index in [0.717, 1.165) is 17.5 Å². The molecule has 29 heavy (non-hydrogen) atoms. The highest BCUT2D eigenvalue weighted by atomic mass is 16.5. The molecule has 0 aliphatic carbocycles. The second-order valence-electron chi connectivity index (χ2n) is 9.22. The molecule has 1 amide bonds. The Morgan fingerprint density at radius 3 is 2.55 bits per heavy atom. The van der Waals surface area contributed by atoms with E-state index in [1.54, 1.807) is 11.0 Å². The van der Waals surface area contributed by atoms with Gasteiger partial charge in [0.05, 0.1) is 13.2 Å². The average Bonchev–Trinajstić information content (AvgIpc) is 2.66. The number of aryl methyl sites for hydroxylation is 1. The second kappa shape index (κ2) is 8.20. The minimum absolute atomic E-state index is 0.0918. The van der Waals surface area contributed by atoms with Crippen LogP contribution in [0.25, 0.3) is 6.08 Å². The maximum absolute atomic E-state index is 12.8. The molecule has 1 aromatic carbocycles. The number of hydrogen-bond donors (Lipinski definition) is 0. The molecule has 2 aliphatic rings. The fraction of sp³-hybridized carbons (Fsp3) is 0.583. The molecule has 3 rings (SSSR count). The molecule has 1 atom stereocenters. The summed E-state index contributed by atoms with van der Waals surface area (Å²) in [6, 6.07) is 6.94. The number of carbonyl (C=O) groups excluding carboxylic acids is 1. The number of morpholine rings is 1. The van der Waals surface area contributed by atoms with Crippen LogP contribution >= 0.6 is 0 Å². The van der Waals surface area contributed by atoms with Crippen LogP contribution in [0.15, 0.2) is 17.7 Å². The van der Waals surface area contributed by atoms with E-state index in [-0.39, 0.29) is 17.0 Å². The highest BCUT2D eigenvalue weighted by molar-refractivity contribution is 6.02. The number of carbonyl (C=O) groups is 1. The van der Waals surface area contributed by atoms with Gasteiger partial charge in [-0.1, -0.05) is 6.92 Å². The number of amides is 1. The van der Waals surface area contributed by atoms with Gasteiger partial charge in [0.2, 0.25) is 0 Å². The monoisotopic (exact) mass is 395 g/mol. The van der Waals surface area contributed by atoms with E-state index in [1.165, 1.54) is 11.3 Å². The smallest absolute Gasteiger partial charge is 0.264 e. The summed E-state index contributed by atoms with van der Waals surface area (Å²) in [7, 11) is 0. The van der Waals surface area contributed by atoms with E-state index >= 15 is 0 Å². The van der Waals surface area contributed by atoms with Crippen molar-refractivity contribution in [1.29, 1.82) is 5.26 Å². The maximum Gasteiger partial charge on any atom is 0.264 e. The van der Waals surface area contributed by atoms with Crippen molar-refractivity contribution < 1.29 is 9.53 Å². The summed E-state index contributed by atoms with van der Waals surface area (Å²) in [5, 5.41) is 9.65. The van der Waals surface area contributed by atoms with Crippen LogP contribution in [0, 0.1) is 18.3 Å². The zero-order chi connectivity index (χ0) is 21.3. The molecule has 1 fully saturated rings. The third-order valence-corrected chi connectivity index (χ3v) is 6.13. The minimum Gasteiger partial charge on any atom is -0.378 e. The summed E-state index contributed by atoms with van der Waals surface area (Å²) in [4.78, 5) is 17.0. The van der Waals surface area contributed by atoms with Crippen LogP contribution in [0.4, 0.5) is 5.69 Å².